The van der Waals surface area contributed by atoms with E-state index in [1.54, 1.807) is 6.07 Å². The van der Waals surface area contributed by atoms with E-state index < -0.39 is 16.0 Å². The number of hydrogen-bond donors (Lipinski definition) is 0. The largest absolute Gasteiger partial charge is 0.465 e. The lowest BCUT2D eigenvalue weighted by molar-refractivity contribution is 0.0600. The van der Waals surface area contributed by atoms with Crippen LogP contribution in [0.4, 0.5) is 0 Å². The Labute approximate surface area is 173 Å². The Kier molecular flexibility index (Phi) is 5.44. The number of carbonyl (C=O) groups excluding carboxylic acids is 1. The third-order valence-corrected chi connectivity index (χ3v) is 6.89. The van der Waals surface area contributed by atoms with Crippen LogP contribution >= 0.6 is 0 Å². The second kappa shape index (κ2) is 8.04. The summed E-state index contributed by atoms with van der Waals surface area (Å²) in [6.45, 7) is 2.41. The maximum atomic E-state index is 13.1. The van der Waals surface area contributed by atoms with E-state index >= 15 is 0 Å². The highest BCUT2D eigenvalue weighted by molar-refractivity contribution is 7.89. The lowest BCUT2D eigenvalue weighted by Gasteiger charge is -2.30. The Bertz CT molecular complexity index is 1170. The third-order valence-electron chi connectivity index (χ3n) is 5.03. The van der Waals surface area contributed by atoms with Crippen molar-refractivity contribution in [3.05, 3.63) is 53.6 Å². The van der Waals surface area contributed by atoms with Gasteiger partial charge in [0.1, 0.15) is 5.76 Å². The monoisotopic (exact) mass is 431 g/mol. The molecule has 0 spiro atoms. The van der Waals surface area contributed by atoms with Crippen molar-refractivity contribution >= 4 is 16.0 Å². The number of furan rings is 1. The van der Waals surface area contributed by atoms with Gasteiger partial charge in [-0.2, -0.15) is 9.29 Å². The molecule has 0 radical (unpaired) electrons. The molecule has 1 aliphatic heterocycles. The van der Waals surface area contributed by atoms with Crippen molar-refractivity contribution in [1.29, 1.82) is 0 Å². The number of nitrogens with zero attached hydrogens (tertiary/aromatic N) is 3. The van der Waals surface area contributed by atoms with E-state index in [1.807, 2.05) is 13.0 Å². The highest BCUT2D eigenvalue weighted by Gasteiger charge is 2.34. The molecular formula is C20H21N3O6S. The summed E-state index contributed by atoms with van der Waals surface area (Å²) in [5, 5.41) is 3.96. The molecule has 1 aromatic carbocycles. The lowest BCUT2D eigenvalue weighted by Crippen LogP contribution is -2.39. The number of esters is 1. The SMILES string of the molecule is COC(=O)c1cccc(S(=O)(=O)N2CCC[C@H](c3nc(-c4ccc(C)o4)no3)C2)c1. The van der Waals surface area contributed by atoms with Gasteiger partial charge in [0.25, 0.3) is 0 Å². The second-order valence-corrected chi connectivity index (χ2v) is 9.03. The molecular weight excluding hydrogens is 410 g/mol. The summed E-state index contributed by atoms with van der Waals surface area (Å²) in [6, 6.07) is 9.40. The fourth-order valence-corrected chi connectivity index (χ4v) is 5.04. The number of aryl methyl sites for hydroxylation is 1. The number of hydrogen-bond acceptors (Lipinski definition) is 8. The highest BCUT2D eigenvalue weighted by Crippen LogP contribution is 2.31. The first-order chi connectivity index (χ1) is 14.4. The minimum Gasteiger partial charge on any atom is -0.465 e. The summed E-state index contributed by atoms with van der Waals surface area (Å²) in [5.41, 5.74) is 0.183. The zero-order valence-corrected chi connectivity index (χ0v) is 17.4. The molecule has 0 bridgehead atoms. The number of piperidine rings is 1. The van der Waals surface area contributed by atoms with Crippen molar-refractivity contribution in [2.75, 3.05) is 20.2 Å². The van der Waals surface area contributed by atoms with Crippen molar-refractivity contribution in [3.8, 4) is 11.6 Å². The lowest BCUT2D eigenvalue weighted by atomic mass is 10.00. The number of benzene rings is 1. The number of aromatic nitrogens is 2. The molecule has 0 aliphatic carbocycles. The van der Waals surface area contributed by atoms with Gasteiger partial charge in [-0.3, -0.25) is 0 Å². The summed E-state index contributed by atoms with van der Waals surface area (Å²) in [4.78, 5) is 16.2. The quantitative estimate of drug-likeness (QED) is 0.566. The van der Waals surface area contributed by atoms with E-state index in [0.29, 0.717) is 30.4 Å². The second-order valence-electron chi connectivity index (χ2n) is 7.09. The Morgan fingerprint density at radius 3 is 2.83 bits per heavy atom. The standard InChI is InChI=1S/C20H21N3O6S/c1-13-8-9-17(28-13)18-21-19(29-22-18)15-6-4-10-23(12-15)30(25,26)16-7-3-5-14(11-16)20(24)27-2/h3,5,7-9,11,15H,4,6,10,12H2,1-2H3/t15-/m0/s1. The van der Waals surface area contributed by atoms with Crippen molar-refractivity contribution < 1.29 is 26.9 Å². The van der Waals surface area contributed by atoms with Crippen LogP contribution in [0.25, 0.3) is 11.6 Å². The molecule has 3 heterocycles. The van der Waals surface area contributed by atoms with Gasteiger partial charge in [0.15, 0.2) is 5.76 Å². The van der Waals surface area contributed by atoms with Gasteiger partial charge in [0.05, 0.1) is 23.5 Å². The summed E-state index contributed by atoms with van der Waals surface area (Å²) < 4.78 is 43.3. The van der Waals surface area contributed by atoms with E-state index in [1.165, 1.54) is 35.7 Å². The summed E-state index contributed by atoms with van der Waals surface area (Å²) in [6.07, 6.45) is 1.38. The van der Waals surface area contributed by atoms with Crippen LogP contribution in [-0.4, -0.2) is 49.0 Å². The van der Waals surface area contributed by atoms with Crippen LogP contribution in [0.5, 0.6) is 0 Å². The van der Waals surface area contributed by atoms with E-state index in [-0.39, 0.29) is 22.9 Å². The van der Waals surface area contributed by atoms with Gasteiger partial charge < -0.3 is 13.7 Å². The zero-order chi connectivity index (χ0) is 21.3. The Morgan fingerprint density at radius 1 is 1.27 bits per heavy atom. The molecule has 9 nitrogen and oxygen atoms in total. The summed E-state index contributed by atoms with van der Waals surface area (Å²) in [5.74, 6) is 1.14. The first-order valence-electron chi connectivity index (χ1n) is 9.47. The van der Waals surface area contributed by atoms with Crippen LogP contribution in [0.1, 0.15) is 40.8 Å². The molecule has 2 aromatic heterocycles. The molecule has 30 heavy (non-hydrogen) atoms. The van der Waals surface area contributed by atoms with E-state index in [2.05, 4.69) is 14.9 Å². The number of sulfonamides is 1. The average Bonchev–Trinajstić information content (AvgIpc) is 3.42. The predicted octanol–water partition coefficient (Wildman–Crippen LogP) is 2.99. The van der Waals surface area contributed by atoms with Crippen molar-refractivity contribution in [2.45, 2.75) is 30.6 Å². The van der Waals surface area contributed by atoms with Gasteiger partial charge in [0, 0.05) is 13.1 Å². The molecule has 0 saturated carbocycles. The third kappa shape index (κ3) is 3.88. The van der Waals surface area contributed by atoms with Crippen LogP contribution in [0.15, 0.2) is 50.2 Å². The maximum absolute atomic E-state index is 13.1. The van der Waals surface area contributed by atoms with Gasteiger partial charge >= 0.3 is 5.97 Å². The molecule has 0 unspecified atom stereocenters. The maximum Gasteiger partial charge on any atom is 0.337 e. The first-order valence-corrected chi connectivity index (χ1v) is 10.9. The minimum absolute atomic E-state index is 0.0447. The molecule has 1 fully saturated rings. The van der Waals surface area contributed by atoms with Crippen LogP contribution in [0.2, 0.25) is 0 Å². The summed E-state index contributed by atoms with van der Waals surface area (Å²) in [7, 11) is -2.54. The fourth-order valence-electron chi connectivity index (χ4n) is 3.47. The number of rotatable bonds is 5. The molecule has 4 rings (SSSR count). The Hall–Kier alpha value is -2.98. The molecule has 0 N–H and O–H groups in total. The van der Waals surface area contributed by atoms with Gasteiger partial charge in [-0.15, -0.1) is 0 Å². The van der Waals surface area contributed by atoms with Crippen LogP contribution in [0.3, 0.4) is 0 Å². The molecule has 1 saturated heterocycles. The minimum atomic E-state index is -3.79. The van der Waals surface area contributed by atoms with Crippen LogP contribution in [0, 0.1) is 6.92 Å². The van der Waals surface area contributed by atoms with E-state index in [4.69, 9.17) is 8.94 Å². The Morgan fingerprint density at radius 2 is 2.10 bits per heavy atom. The molecule has 0 amide bonds. The normalized spacial score (nSPS) is 17.7. The van der Waals surface area contributed by atoms with E-state index in [0.717, 1.165) is 12.2 Å². The van der Waals surface area contributed by atoms with Gasteiger partial charge in [-0.25, -0.2) is 13.2 Å². The highest BCUT2D eigenvalue weighted by atomic mass is 32.2. The number of methoxy groups -OCH3 is 1. The summed E-state index contributed by atoms with van der Waals surface area (Å²) >= 11 is 0. The van der Waals surface area contributed by atoms with Crippen LogP contribution in [-0.2, 0) is 14.8 Å². The first kappa shape index (κ1) is 20.3. The predicted molar refractivity (Wildman–Crippen MR) is 105 cm³/mol. The van der Waals surface area contributed by atoms with E-state index in [9.17, 15) is 13.2 Å². The topological polar surface area (TPSA) is 116 Å². The Balaban J connectivity index is 1.55. The van der Waals surface area contributed by atoms with Gasteiger partial charge in [-0.1, -0.05) is 11.2 Å². The molecule has 158 valence electrons. The molecule has 1 aliphatic rings. The van der Waals surface area contributed by atoms with Crippen LogP contribution < -0.4 is 0 Å². The number of carbonyl (C=O) groups is 1. The number of ether oxygens (including phenoxy) is 1. The zero-order valence-electron chi connectivity index (χ0n) is 16.6. The fraction of sp³-hybridized carbons (Fsp3) is 0.350. The van der Waals surface area contributed by atoms with Crippen molar-refractivity contribution in [1.82, 2.24) is 14.4 Å². The van der Waals surface area contributed by atoms with Crippen molar-refractivity contribution in [2.24, 2.45) is 0 Å². The smallest absolute Gasteiger partial charge is 0.337 e. The van der Waals surface area contributed by atoms with Crippen molar-refractivity contribution in [3.63, 3.8) is 0 Å². The molecule has 10 heteroatoms. The van der Waals surface area contributed by atoms with Gasteiger partial charge in [0.2, 0.25) is 21.7 Å². The molecule has 1 atom stereocenters. The molecule has 3 aromatic rings. The van der Waals surface area contributed by atoms with Gasteiger partial charge in [-0.05, 0) is 50.1 Å². The average molecular weight is 431 g/mol.